The van der Waals surface area contributed by atoms with Crippen LogP contribution in [0.15, 0.2) is 82.3 Å². The first kappa shape index (κ1) is 33.5. The summed E-state index contributed by atoms with van der Waals surface area (Å²) in [7, 11) is 0. The van der Waals surface area contributed by atoms with Crippen LogP contribution < -0.4 is 10.1 Å². The molecular weight excluding hydrogens is 648 g/mol. The minimum atomic E-state index is -1.47. The van der Waals surface area contributed by atoms with Gasteiger partial charge in [0.15, 0.2) is 11.6 Å². The van der Waals surface area contributed by atoms with Crippen LogP contribution in [0.5, 0.6) is 5.75 Å². The predicted octanol–water partition coefficient (Wildman–Crippen LogP) is 6.60. The molecule has 0 spiro atoms. The molecule has 8 nitrogen and oxygen atoms in total. The average Bonchev–Trinajstić information content (AvgIpc) is 3.37. The van der Waals surface area contributed by atoms with E-state index in [2.05, 4.69) is 21.2 Å². The van der Waals surface area contributed by atoms with Crippen LogP contribution in [0, 0.1) is 0 Å². The van der Waals surface area contributed by atoms with E-state index in [1.165, 1.54) is 0 Å². The monoisotopic (exact) mass is 684 g/mol. The molecule has 0 radical (unpaired) electrons. The Kier molecular flexibility index (Phi) is 11.5. The summed E-state index contributed by atoms with van der Waals surface area (Å²) in [6, 6.07) is 22.2. The van der Waals surface area contributed by atoms with Crippen LogP contribution in [0.1, 0.15) is 62.8 Å². The number of aliphatic hydroxyl groups is 1. The molecule has 3 aromatic rings. The highest BCUT2D eigenvalue weighted by Gasteiger charge is 2.53. The maximum Gasteiger partial charge on any atom is 0.306 e. The highest BCUT2D eigenvalue weighted by atomic mass is 79.9. The Balaban J connectivity index is 1.69. The van der Waals surface area contributed by atoms with Gasteiger partial charge in [0.25, 0.3) is 5.91 Å². The molecule has 0 saturated carbocycles. The molecule has 0 unspecified atom stereocenters. The molecule has 0 aliphatic carbocycles. The second-order valence-corrected chi connectivity index (χ2v) is 12.8. The number of nitrogens with zero attached hydrogens (tertiary/aromatic N) is 1. The highest BCUT2D eigenvalue weighted by Crippen LogP contribution is 2.45. The number of halogens is 2. The van der Waals surface area contributed by atoms with Gasteiger partial charge in [-0.05, 0) is 81.6 Å². The average molecular weight is 686 g/mol. The number of esters is 1. The number of nitrogens with one attached hydrogen (secondary N) is 1. The molecule has 1 aliphatic heterocycles. The Morgan fingerprint density at radius 1 is 1.09 bits per heavy atom. The Morgan fingerprint density at radius 3 is 2.52 bits per heavy atom. The van der Waals surface area contributed by atoms with Crippen molar-refractivity contribution in [3.63, 3.8) is 0 Å². The first-order valence-electron chi connectivity index (χ1n) is 14.6. The summed E-state index contributed by atoms with van der Waals surface area (Å²) in [5.41, 5.74) is 0.219. The van der Waals surface area contributed by atoms with Crippen LogP contribution in [0.25, 0.3) is 0 Å². The third kappa shape index (κ3) is 8.83. The summed E-state index contributed by atoms with van der Waals surface area (Å²) < 4.78 is 18.5. The van der Waals surface area contributed by atoms with E-state index in [0.717, 1.165) is 15.6 Å². The van der Waals surface area contributed by atoms with Crippen LogP contribution in [0.2, 0.25) is 5.02 Å². The molecule has 2 N–H and O–H groups in total. The van der Waals surface area contributed by atoms with E-state index in [1.807, 2.05) is 54.6 Å². The highest BCUT2D eigenvalue weighted by molar-refractivity contribution is 9.10. The molecule has 0 aromatic heterocycles. The van der Waals surface area contributed by atoms with E-state index in [-0.39, 0.29) is 31.3 Å². The number of amides is 1. The second kappa shape index (κ2) is 15.1. The number of rotatable bonds is 13. The van der Waals surface area contributed by atoms with E-state index >= 15 is 0 Å². The third-order valence-electron chi connectivity index (χ3n) is 6.94. The second-order valence-electron chi connectivity index (χ2n) is 11.5. The Bertz CT molecular complexity index is 1470. The van der Waals surface area contributed by atoms with Gasteiger partial charge in [0, 0.05) is 46.6 Å². The van der Waals surface area contributed by atoms with Gasteiger partial charge in [-0.15, -0.1) is 0 Å². The lowest BCUT2D eigenvalue weighted by atomic mass is 9.83. The van der Waals surface area contributed by atoms with Crippen molar-refractivity contribution in [3.05, 3.63) is 99.0 Å². The van der Waals surface area contributed by atoms with Crippen molar-refractivity contribution >= 4 is 45.3 Å². The topological polar surface area (TPSA) is 106 Å². The fourth-order valence-corrected chi connectivity index (χ4v) is 5.59. The summed E-state index contributed by atoms with van der Waals surface area (Å²) in [6.07, 6.45) is 0.267. The molecule has 10 heteroatoms. The molecule has 2 atom stereocenters. The van der Waals surface area contributed by atoms with Gasteiger partial charge in [-0.3, -0.25) is 9.59 Å². The standard InChI is InChI=1S/C34H38BrClN2O6/c1-33(2,3)44-29(40)16-18-34(32(41)37-19-17-23-8-6-9-25(36)22-23)30(27-10-4-5-11-28(27)35)43-31(38-34)24-12-14-26(15-13-24)42-21-7-20-39/h4-6,8-15,22,30,39H,7,16-21H2,1-3H3,(H,37,41)/t30-,34-/m1/s1. The van der Waals surface area contributed by atoms with Crippen molar-refractivity contribution in [1.29, 1.82) is 0 Å². The van der Waals surface area contributed by atoms with Crippen LogP contribution in [0.4, 0.5) is 0 Å². The fraction of sp³-hybridized carbons (Fsp3) is 0.382. The van der Waals surface area contributed by atoms with E-state index < -0.39 is 23.2 Å². The van der Waals surface area contributed by atoms with Crippen LogP contribution in [-0.4, -0.2) is 53.8 Å². The normalized spacial score (nSPS) is 17.9. The summed E-state index contributed by atoms with van der Waals surface area (Å²) in [5, 5.41) is 12.7. The Morgan fingerprint density at radius 2 is 1.84 bits per heavy atom. The van der Waals surface area contributed by atoms with Crippen molar-refractivity contribution in [2.24, 2.45) is 4.99 Å². The molecule has 44 heavy (non-hydrogen) atoms. The maximum absolute atomic E-state index is 14.3. The van der Waals surface area contributed by atoms with Gasteiger partial charge in [-0.25, -0.2) is 4.99 Å². The predicted molar refractivity (Wildman–Crippen MR) is 174 cm³/mol. The third-order valence-corrected chi connectivity index (χ3v) is 7.89. The van der Waals surface area contributed by atoms with Gasteiger partial charge in [-0.1, -0.05) is 57.9 Å². The number of ether oxygens (including phenoxy) is 3. The first-order valence-corrected chi connectivity index (χ1v) is 15.8. The minimum Gasteiger partial charge on any atom is -0.494 e. The number of aliphatic hydroxyl groups excluding tert-OH is 1. The molecular formula is C34H38BrClN2O6. The Hall–Kier alpha value is -3.40. The Labute approximate surface area is 271 Å². The lowest BCUT2D eigenvalue weighted by molar-refractivity contribution is -0.155. The largest absolute Gasteiger partial charge is 0.494 e. The number of hydrogen-bond acceptors (Lipinski definition) is 7. The molecule has 1 aliphatic rings. The zero-order valence-corrected chi connectivity index (χ0v) is 27.5. The number of aliphatic imine (C=N–C) groups is 1. The van der Waals surface area contributed by atoms with Crippen molar-refractivity contribution in [2.75, 3.05) is 19.8 Å². The lowest BCUT2D eigenvalue weighted by Crippen LogP contribution is -2.49. The van der Waals surface area contributed by atoms with E-state index in [1.54, 1.807) is 39.0 Å². The van der Waals surface area contributed by atoms with Gasteiger partial charge < -0.3 is 24.6 Å². The molecule has 0 bridgehead atoms. The maximum atomic E-state index is 14.3. The summed E-state index contributed by atoms with van der Waals surface area (Å²) in [4.78, 5) is 32.1. The number of carbonyl (C=O) groups is 2. The zero-order chi connectivity index (χ0) is 31.7. The van der Waals surface area contributed by atoms with Gasteiger partial charge in [0.05, 0.1) is 6.61 Å². The van der Waals surface area contributed by atoms with E-state index in [0.29, 0.717) is 42.3 Å². The molecule has 1 heterocycles. The molecule has 0 saturated heterocycles. The van der Waals surface area contributed by atoms with Gasteiger partial charge in [0.2, 0.25) is 5.90 Å². The van der Waals surface area contributed by atoms with Crippen LogP contribution in [0.3, 0.4) is 0 Å². The van der Waals surface area contributed by atoms with Gasteiger partial charge in [0.1, 0.15) is 11.4 Å². The molecule has 4 rings (SSSR count). The van der Waals surface area contributed by atoms with Gasteiger partial charge >= 0.3 is 5.97 Å². The van der Waals surface area contributed by atoms with Crippen LogP contribution >= 0.6 is 27.5 Å². The SMILES string of the molecule is CC(C)(C)OC(=O)CC[C@@]1(C(=O)NCCc2cccc(Cl)c2)N=C(c2ccc(OCCCO)cc2)O[C@@H]1c1ccccc1Br. The molecule has 3 aromatic carbocycles. The van der Waals surface area contributed by atoms with E-state index in [9.17, 15) is 9.59 Å². The van der Waals surface area contributed by atoms with Crippen LogP contribution in [-0.2, 0) is 25.5 Å². The quantitative estimate of drug-likeness (QED) is 0.155. The summed E-state index contributed by atoms with van der Waals surface area (Å²) in [5.74, 6) is 0.130. The van der Waals surface area contributed by atoms with Crippen molar-refractivity contribution in [3.8, 4) is 5.75 Å². The van der Waals surface area contributed by atoms with E-state index in [4.69, 9.17) is 35.9 Å². The first-order chi connectivity index (χ1) is 21.0. The fourth-order valence-electron chi connectivity index (χ4n) is 4.89. The molecule has 234 valence electrons. The summed E-state index contributed by atoms with van der Waals surface area (Å²) >= 11 is 9.79. The lowest BCUT2D eigenvalue weighted by Gasteiger charge is -2.31. The number of carbonyl (C=O) groups excluding carboxylic acids is 2. The molecule has 0 fully saturated rings. The summed E-state index contributed by atoms with van der Waals surface area (Å²) in [6.45, 7) is 6.19. The minimum absolute atomic E-state index is 0.0439. The van der Waals surface area contributed by atoms with Gasteiger partial charge in [-0.2, -0.15) is 0 Å². The van der Waals surface area contributed by atoms with Crippen molar-refractivity contribution < 1.29 is 28.9 Å². The smallest absolute Gasteiger partial charge is 0.306 e. The number of hydrogen-bond donors (Lipinski definition) is 2. The number of benzene rings is 3. The van der Waals surface area contributed by atoms with Crippen molar-refractivity contribution in [2.45, 2.75) is 63.7 Å². The van der Waals surface area contributed by atoms with Crippen molar-refractivity contribution in [1.82, 2.24) is 5.32 Å². The zero-order valence-electron chi connectivity index (χ0n) is 25.1. The molecule has 1 amide bonds.